The third-order valence-corrected chi connectivity index (χ3v) is 3.97. The topological polar surface area (TPSA) is 104 Å². The Kier molecular flexibility index (Phi) is 5.01. The highest BCUT2D eigenvalue weighted by Crippen LogP contribution is 2.28. The van der Waals surface area contributed by atoms with E-state index in [2.05, 4.69) is 30.0 Å². The average Bonchev–Trinajstić information content (AvgIpc) is 3.08. The largest absolute Gasteiger partial charge is 0.573 e. The molecule has 0 saturated carbocycles. The van der Waals surface area contributed by atoms with E-state index in [0.717, 1.165) is 16.7 Å². The number of hydrogen-bond donors (Lipinski definition) is 2. The number of nitrogens with two attached hydrogens (primary N) is 1. The summed E-state index contributed by atoms with van der Waals surface area (Å²) in [6.07, 6.45) is -7.73. The molecule has 0 aliphatic heterocycles. The number of alkyl halides is 5. The first-order chi connectivity index (χ1) is 14.7. The van der Waals surface area contributed by atoms with Crippen LogP contribution in [0.3, 0.4) is 0 Å². The van der Waals surface area contributed by atoms with Crippen LogP contribution in [0.1, 0.15) is 12.2 Å². The average molecular weight is 437 g/mol. The molecule has 8 nitrogen and oxygen atoms in total. The van der Waals surface area contributed by atoms with E-state index in [4.69, 9.17) is 5.73 Å². The zero-order valence-corrected chi connectivity index (χ0v) is 15.3. The zero-order chi connectivity index (χ0) is 22.2. The summed E-state index contributed by atoms with van der Waals surface area (Å²) in [4.78, 5) is 15.8. The van der Waals surface area contributed by atoms with Gasteiger partial charge < -0.3 is 15.8 Å². The second-order valence-corrected chi connectivity index (χ2v) is 6.11. The Balaban J connectivity index is 1.69. The number of hydrogen-bond acceptors (Lipinski definition) is 7. The molecule has 2 heterocycles. The molecule has 0 fully saturated rings. The number of imidazole rings is 1. The third kappa shape index (κ3) is 4.44. The van der Waals surface area contributed by atoms with Crippen molar-refractivity contribution in [1.82, 2.24) is 24.5 Å². The van der Waals surface area contributed by atoms with Crippen LogP contribution in [-0.4, -0.2) is 30.9 Å². The molecular formula is C18H12F5N7O. The van der Waals surface area contributed by atoms with Gasteiger partial charge in [0.25, 0.3) is 6.43 Å². The van der Waals surface area contributed by atoms with Crippen molar-refractivity contribution >= 4 is 28.6 Å². The van der Waals surface area contributed by atoms with Gasteiger partial charge in [0.2, 0.25) is 17.8 Å². The lowest BCUT2D eigenvalue weighted by Crippen LogP contribution is -2.17. The summed E-state index contributed by atoms with van der Waals surface area (Å²) in [6.45, 7) is 0. The summed E-state index contributed by atoms with van der Waals surface area (Å²) in [5.74, 6) is -1.56. The molecule has 0 atom stereocenters. The van der Waals surface area contributed by atoms with Crippen molar-refractivity contribution in [3.05, 3.63) is 54.4 Å². The van der Waals surface area contributed by atoms with Gasteiger partial charge in [0, 0.05) is 5.69 Å². The van der Waals surface area contributed by atoms with Gasteiger partial charge >= 0.3 is 6.36 Å². The number of para-hydroxylation sites is 2. The molecule has 0 amide bonds. The highest BCUT2D eigenvalue weighted by atomic mass is 19.4. The van der Waals surface area contributed by atoms with Gasteiger partial charge in [-0.05, 0) is 36.4 Å². The molecule has 0 unspecified atom stereocenters. The Bertz CT molecular complexity index is 1220. The normalized spacial score (nSPS) is 11.8. The van der Waals surface area contributed by atoms with Gasteiger partial charge in [0.05, 0.1) is 11.0 Å². The highest BCUT2D eigenvalue weighted by molar-refractivity contribution is 5.77. The van der Waals surface area contributed by atoms with Crippen LogP contribution >= 0.6 is 0 Å². The maximum absolute atomic E-state index is 13.6. The lowest BCUT2D eigenvalue weighted by atomic mass is 10.3. The van der Waals surface area contributed by atoms with Crippen LogP contribution in [-0.2, 0) is 0 Å². The third-order valence-electron chi connectivity index (χ3n) is 3.97. The lowest BCUT2D eigenvalue weighted by molar-refractivity contribution is -0.274. The van der Waals surface area contributed by atoms with Crippen LogP contribution in [0.2, 0.25) is 0 Å². The van der Waals surface area contributed by atoms with E-state index in [0.29, 0.717) is 16.7 Å². The molecule has 0 saturated heterocycles. The first-order valence-corrected chi connectivity index (χ1v) is 8.60. The van der Waals surface area contributed by atoms with E-state index in [-0.39, 0.29) is 17.8 Å². The highest BCUT2D eigenvalue weighted by Gasteiger charge is 2.31. The van der Waals surface area contributed by atoms with Crippen LogP contribution < -0.4 is 15.8 Å². The molecule has 0 aliphatic carbocycles. The van der Waals surface area contributed by atoms with Crippen LogP contribution in [0, 0.1) is 0 Å². The van der Waals surface area contributed by atoms with Gasteiger partial charge in [0.15, 0.2) is 5.82 Å². The van der Waals surface area contributed by atoms with Crippen molar-refractivity contribution in [2.45, 2.75) is 12.8 Å². The summed E-state index contributed by atoms with van der Waals surface area (Å²) in [7, 11) is 0. The Morgan fingerprint density at radius 2 is 1.65 bits per heavy atom. The van der Waals surface area contributed by atoms with E-state index in [1.165, 1.54) is 12.1 Å². The van der Waals surface area contributed by atoms with Crippen molar-refractivity contribution < 1.29 is 26.7 Å². The van der Waals surface area contributed by atoms with Crippen molar-refractivity contribution in [2.24, 2.45) is 0 Å². The van der Waals surface area contributed by atoms with Crippen LogP contribution in [0.25, 0.3) is 17.0 Å². The number of fused-ring (bicyclic) bond motifs is 1. The van der Waals surface area contributed by atoms with Crippen LogP contribution in [0.5, 0.6) is 5.75 Å². The van der Waals surface area contributed by atoms with Crippen molar-refractivity contribution in [2.75, 3.05) is 11.1 Å². The molecule has 31 heavy (non-hydrogen) atoms. The maximum atomic E-state index is 13.6. The van der Waals surface area contributed by atoms with E-state index in [1.54, 1.807) is 24.3 Å². The number of nitrogens with one attached hydrogen (secondary N) is 1. The number of benzene rings is 2. The fraction of sp³-hybridized carbons (Fsp3) is 0.111. The number of halogens is 5. The number of anilines is 3. The summed E-state index contributed by atoms with van der Waals surface area (Å²) >= 11 is 0. The van der Waals surface area contributed by atoms with E-state index in [9.17, 15) is 22.0 Å². The molecule has 13 heteroatoms. The molecule has 3 N–H and O–H groups in total. The smallest absolute Gasteiger partial charge is 0.406 e. The van der Waals surface area contributed by atoms with Crippen LogP contribution in [0.4, 0.5) is 39.5 Å². The van der Waals surface area contributed by atoms with Gasteiger partial charge in [-0.2, -0.15) is 15.0 Å². The van der Waals surface area contributed by atoms with Crippen LogP contribution in [0.15, 0.2) is 48.5 Å². The SMILES string of the molecule is Nc1nc(Nc2ccc(OC(F)(F)F)cc2)nc(-n2c(C(F)F)nc3ccccc32)n1. The zero-order valence-electron chi connectivity index (χ0n) is 15.3. The van der Waals surface area contributed by atoms with Gasteiger partial charge in [-0.15, -0.1) is 13.2 Å². The molecule has 4 aromatic rings. The summed E-state index contributed by atoms with van der Waals surface area (Å²) in [5, 5.41) is 2.73. The summed E-state index contributed by atoms with van der Waals surface area (Å²) in [5.41, 5.74) is 6.66. The molecule has 0 bridgehead atoms. The lowest BCUT2D eigenvalue weighted by Gasteiger charge is -2.11. The molecule has 2 aromatic carbocycles. The Morgan fingerprint density at radius 3 is 2.32 bits per heavy atom. The number of nitrogens with zero attached hydrogens (tertiary/aromatic N) is 5. The first-order valence-electron chi connectivity index (χ1n) is 8.60. The molecule has 160 valence electrons. The fourth-order valence-electron chi connectivity index (χ4n) is 2.81. The van der Waals surface area contributed by atoms with Gasteiger partial charge in [-0.3, -0.25) is 4.57 Å². The van der Waals surface area contributed by atoms with E-state index >= 15 is 0 Å². The predicted octanol–water partition coefficient (Wildman–Crippen LogP) is 4.37. The van der Waals surface area contributed by atoms with E-state index < -0.39 is 24.4 Å². The molecule has 2 aromatic heterocycles. The van der Waals surface area contributed by atoms with Crippen molar-refractivity contribution in [1.29, 1.82) is 0 Å². The Morgan fingerprint density at radius 1 is 0.935 bits per heavy atom. The second kappa shape index (κ2) is 7.66. The monoisotopic (exact) mass is 437 g/mol. The minimum Gasteiger partial charge on any atom is -0.406 e. The summed E-state index contributed by atoms with van der Waals surface area (Å²) in [6, 6.07) is 11.2. The quantitative estimate of drug-likeness (QED) is 0.447. The molecular weight excluding hydrogens is 425 g/mol. The predicted molar refractivity (Wildman–Crippen MR) is 100 cm³/mol. The van der Waals surface area contributed by atoms with Gasteiger partial charge in [-0.1, -0.05) is 12.1 Å². The Hall–Kier alpha value is -4.03. The van der Waals surface area contributed by atoms with Crippen molar-refractivity contribution in [3.63, 3.8) is 0 Å². The molecule has 0 aliphatic rings. The molecule has 4 rings (SSSR count). The first kappa shape index (κ1) is 20.3. The minimum atomic E-state index is -4.82. The standard InChI is InChI=1S/C18H12F5N7O/c19-13(20)14-26-11-3-1-2-4-12(11)30(14)17-28-15(24)27-16(29-17)25-9-5-7-10(8-6-9)31-18(21,22)23/h1-8,13H,(H3,24,25,27,28,29). The van der Waals surface area contributed by atoms with E-state index in [1.807, 2.05) is 0 Å². The van der Waals surface area contributed by atoms with Crippen molar-refractivity contribution in [3.8, 4) is 11.7 Å². The maximum Gasteiger partial charge on any atom is 0.573 e. The van der Waals surface area contributed by atoms with Gasteiger partial charge in [0.1, 0.15) is 5.75 Å². The molecule has 0 spiro atoms. The fourth-order valence-corrected chi connectivity index (χ4v) is 2.81. The number of nitrogen functional groups attached to an aromatic ring is 1. The number of aromatic nitrogens is 5. The second-order valence-electron chi connectivity index (χ2n) is 6.11. The number of rotatable bonds is 5. The van der Waals surface area contributed by atoms with Gasteiger partial charge in [-0.25, -0.2) is 13.8 Å². The molecule has 0 radical (unpaired) electrons. The minimum absolute atomic E-state index is 0.106. The number of ether oxygens (including phenoxy) is 1. The summed E-state index contributed by atoms with van der Waals surface area (Å²) < 4.78 is 68.8. The Labute approximate surface area is 170 Å².